The molecule has 6 nitrogen and oxygen atoms in total. The fraction of sp³-hybridized carbons (Fsp3) is 0.889. The molecule has 94 valence electrons. The van der Waals surface area contributed by atoms with Gasteiger partial charge in [-0.2, -0.15) is 0 Å². The van der Waals surface area contributed by atoms with Crippen LogP contribution >= 0.6 is 0 Å². The Balaban J connectivity index is -0.000000158. The van der Waals surface area contributed by atoms with Crippen LogP contribution in [0.4, 0.5) is 0 Å². The van der Waals surface area contributed by atoms with Crippen molar-refractivity contribution in [3.05, 3.63) is 0 Å². The second-order valence-electron chi connectivity index (χ2n) is 2.27. The van der Waals surface area contributed by atoms with Gasteiger partial charge in [-0.1, -0.05) is 0 Å². The van der Waals surface area contributed by atoms with Crippen molar-refractivity contribution >= 4 is 5.91 Å². The van der Waals surface area contributed by atoms with E-state index in [1.807, 2.05) is 0 Å². The predicted octanol–water partition coefficient (Wildman–Crippen LogP) is -0.997. The summed E-state index contributed by atoms with van der Waals surface area (Å²) < 4.78 is 8.88. The van der Waals surface area contributed by atoms with Crippen molar-refractivity contribution in [3.8, 4) is 0 Å². The lowest BCUT2D eigenvalue weighted by atomic mass is 10.7. The van der Waals surface area contributed by atoms with Gasteiger partial charge < -0.3 is 25.0 Å². The first-order valence-corrected chi connectivity index (χ1v) is 4.48. The number of methoxy groups -OCH3 is 1. The van der Waals surface area contributed by atoms with Crippen LogP contribution in [0.3, 0.4) is 0 Å². The summed E-state index contributed by atoms with van der Waals surface area (Å²) in [4.78, 5) is 9.70. The van der Waals surface area contributed by atoms with Gasteiger partial charge in [0.15, 0.2) is 0 Å². The van der Waals surface area contributed by atoms with Crippen molar-refractivity contribution in [1.82, 2.24) is 5.32 Å². The van der Waals surface area contributed by atoms with E-state index in [0.29, 0.717) is 13.2 Å². The number of rotatable bonds is 4. The molecular formula is C9H23NO5. The summed E-state index contributed by atoms with van der Waals surface area (Å²) in [6.07, 6.45) is 0. The maximum Gasteiger partial charge on any atom is 0.216 e. The monoisotopic (exact) mass is 225 g/mol. The molecular weight excluding hydrogens is 202 g/mol. The number of aliphatic hydroxyl groups excluding tert-OH is 2. The zero-order chi connectivity index (χ0) is 12.5. The molecule has 3 N–H and O–H groups in total. The van der Waals surface area contributed by atoms with Crippen LogP contribution in [0.5, 0.6) is 0 Å². The van der Waals surface area contributed by atoms with Crippen LogP contribution in [0.15, 0.2) is 0 Å². The number of ether oxygens (including phenoxy) is 2. The van der Waals surface area contributed by atoms with Crippen molar-refractivity contribution < 1.29 is 24.5 Å². The number of amides is 1. The summed E-state index contributed by atoms with van der Waals surface area (Å²) in [5, 5.41) is 18.6. The SMILES string of the molecule is CNC(C)=O.COC.OCCOCCO. The fourth-order valence-electron chi connectivity index (χ4n) is 0.231. The second-order valence-corrected chi connectivity index (χ2v) is 2.27. The van der Waals surface area contributed by atoms with E-state index in [0.717, 1.165) is 0 Å². The van der Waals surface area contributed by atoms with Crippen LogP contribution in [-0.4, -0.2) is 63.8 Å². The van der Waals surface area contributed by atoms with Crippen LogP contribution in [-0.2, 0) is 14.3 Å². The Bertz CT molecular complexity index is 107. The summed E-state index contributed by atoms with van der Waals surface area (Å²) in [6.45, 7) is 2.17. The zero-order valence-electron chi connectivity index (χ0n) is 9.95. The molecule has 0 saturated carbocycles. The van der Waals surface area contributed by atoms with Gasteiger partial charge >= 0.3 is 0 Å². The van der Waals surface area contributed by atoms with E-state index < -0.39 is 0 Å². The molecule has 0 bridgehead atoms. The van der Waals surface area contributed by atoms with E-state index in [1.54, 1.807) is 21.3 Å². The van der Waals surface area contributed by atoms with Crippen LogP contribution in [0.1, 0.15) is 6.92 Å². The van der Waals surface area contributed by atoms with E-state index >= 15 is 0 Å². The largest absolute Gasteiger partial charge is 0.394 e. The Kier molecular flexibility index (Phi) is 30.7. The lowest BCUT2D eigenvalue weighted by Crippen LogP contribution is -2.11. The van der Waals surface area contributed by atoms with E-state index in [1.165, 1.54) is 6.92 Å². The van der Waals surface area contributed by atoms with Gasteiger partial charge in [-0.05, 0) is 0 Å². The van der Waals surface area contributed by atoms with E-state index in [2.05, 4.69) is 14.8 Å². The molecule has 0 saturated heterocycles. The Morgan fingerprint density at radius 2 is 1.47 bits per heavy atom. The number of nitrogens with one attached hydrogen (secondary N) is 1. The maximum atomic E-state index is 9.70. The highest BCUT2D eigenvalue weighted by Crippen LogP contribution is 1.68. The first-order valence-electron chi connectivity index (χ1n) is 4.48. The summed E-state index contributed by atoms with van der Waals surface area (Å²) in [6, 6.07) is 0. The minimum Gasteiger partial charge on any atom is -0.394 e. The fourth-order valence-corrected chi connectivity index (χ4v) is 0.231. The average Bonchev–Trinajstić information content (AvgIpc) is 2.21. The van der Waals surface area contributed by atoms with Crippen molar-refractivity contribution in [1.29, 1.82) is 0 Å². The molecule has 0 aromatic carbocycles. The predicted molar refractivity (Wildman–Crippen MR) is 57.7 cm³/mol. The lowest BCUT2D eigenvalue weighted by molar-refractivity contribution is -0.118. The van der Waals surface area contributed by atoms with Crippen molar-refractivity contribution in [2.45, 2.75) is 6.92 Å². The number of hydrogen-bond donors (Lipinski definition) is 3. The lowest BCUT2D eigenvalue weighted by Gasteiger charge is -1.94. The molecule has 0 aliphatic carbocycles. The molecule has 0 radical (unpaired) electrons. The first-order chi connectivity index (χ1) is 7.10. The number of aliphatic hydroxyl groups is 2. The minimum atomic E-state index is 0.00463. The van der Waals surface area contributed by atoms with Gasteiger partial charge in [0, 0.05) is 28.2 Å². The average molecular weight is 225 g/mol. The highest BCUT2D eigenvalue weighted by atomic mass is 16.5. The molecule has 0 spiro atoms. The summed E-state index contributed by atoms with van der Waals surface area (Å²) in [7, 11) is 4.85. The van der Waals surface area contributed by atoms with Gasteiger partial charge in [0.05, 0.1) is 26.4 Å². The van der Waals surface area contributed by atoms with Gasteiger partial charge in [-0.25, -0.2) is 0 Å². The van der Waals surface area contributed by atoms with Gasteiger partial charge in [0.2, 0.25) is 5.91 Å². The third-order valence-electron chi connectivity index (χ3n) is 0.823. The quantitative estimate of drug-likeness (QED) is 0.534. The molecule has 0 unspecified atom stereocenters. The summed E-state index contributed by atoms with van der Waals surface area (Å²) in [5.41, 5.74) is 0. The molecule has 0 rings (SSSR count). The van der Waals surface area contributed by atoms with E-state index in [9.17, 15) is 4.79 Å². The molecule has 0 aromatic rings. The Morgan fingerprint density at radius 3 is 1.60 bits per heavy atom. The highest BCUT2D eigenvalue weighted by molar-refractivity contribution is 5.72. The molecule has 0 atom stereocenters. The summed E-state index contributed by atoms with van der Waals surface area (Å²) in [5.74, 6) is 0.00463. The molecule has 0 aliphatic heterocycles. The smallest absolute Gasteiger partial charge is 0.216 e. The van der Waals surface area contributed by atoms with Crippen molar-refractivity contribution in [2.75, 3.05) is 47.7 Å². The zero-order valence-corrected chi connectivity index (χ0v) is 9.95. The molecule has 15 heavy (non-hydrogen) atoms. The van der Waals surface area contributed by atoms with E-state index in [4.69, 9.17) is 10.2 Å². The minimum absolute atomic E-state index is 0.00463. The topological polar surface area (TPSA) is 88.0 Å². The highest BCUT2D eigenvalue weighted by Gasteiger charge is 1.79. The van der Waals surface area contributed by atoms with Gasteiger partial charge in [0.25, 0.3) is 0 Å². The third kappa shape index (κ3) is 60.4. The molecule has 0 aromatic heterocycles. The molecule has 0 aliphatic rings. The van der Waals surface area contributed by atoms with Gasteiger partial charge in [-0.3, -0.25) is 4.79 Å². The van der Waals surface area contributed by atoms with Gasteiger partial charge in [0.1, 0.15) is 0 Å². The molecule has 0 fully saturated rings. The van der Waals surface area contributed by atoms with Crippen LogP contribution in [0.25, 0.3) is 0 Å². The normalized spacial score (nSPS) is 7.87. The molecule has 0 heterocycles. The Hall–Kier alpha value is -0.690. The second kappa shape index (κ2) is 23.3. The standard InChI is InChI=1S/C4H10O3.C3H7NO.C2H6O/c5-1-3-7-4-2-6;1-3(5)4-2;1-3-2/h5-6H,1-4H2;1-2H3,(H,4,5);1-2H3. The van der Waals surface area contributed by atoms with Gasteiger partial charge in [-0.15, -0.1) is 0 Å². The maximum absolute atomic E-state index is 9.70. The van der Waals surface area contributed by atoms with Crippen LogP contribution < -0.4 is 5.32 Å². The van der Waals surface area contributed by atoms with E-state index in [-0.39, 0.29) is 19.1 Å². The Labute approximate surface area is 91.2 Å². The van der Waals surface area contributed by atoms with Crippen molar-refractivity contribution in [2.24, 2.45) is 0 Å². The molecule has 1 amide bonds. The molecule has 6 heteroatoms. The Morgan fingerprint density at radius 1 is 1.20 bits per heavy atom. The number of hydrogen-bond acceptors (Lipinski definition) is 5. The third-order valence-corrected chi connectivity index (χ3v) is 0.823. The van der Waals surface area contributed by atoms with Crippen LogP contribution in [0.2, 0.25) is 0 Å². The van der Waals surface area contributed by atoms with Crippen molar-refractivity contribution in [3.63, 3.8) is 0 Å². The first kappa shape index (κ1) is 19.8. The number of carbonyl (C=O) groups is 1. The van der Waals surface area contributed by atoms with Crippen LogP contribution in [0, 0.1) is 0 Å². The summed E-state index contributed by atoms with van der Waals surface area (Å²) >= 11 is 0. The number of carbonyl (C=O) groups excluding carboxylic acids is 1.